The molecule has 0 radical (unpaired) electrons. The Kier molecular flexibility index (Phi) is 7.81. The number of carbonyl (C=O) groups excluding carboxylic acids is 1. The van der Waals surface area contributed by atoms with Gasteiger partial charge in [0, 0.05) is 13.1 Å². The number of amides is 1. The molecule has 0 aliphatic heterocycles. The van der Waals surface area contributed by atoms with Crippen molar-refractivity contribution in [1.82, 2.24) is 20.4 Å². The summed E-state index contributed by atoms with van der Waals surface area (Å²) in [5.74, 6) is 1.73. The smallest absolute Gasteiger partial charge is 0.271 e. The second-order valence-electron chi connectivity index (χ2n) is 6.26. The minimum Gasteiger partial charge on any atom is -0.493 e. The van der Waals surface area contributed by atoms with Gasteiger partial charge in [0.05, 0.1) is 14.2 Å². The molecule has 2 N–H and O–H groups in total. The van der Waals surface area contributed by atoms with E-state index in [1.165, 1.54) is 0 Å². The highest BCUT2D eigenvalue weighted by atomic mass is 16.5. The Morgan fingerprint density at radius 1 is 1.07 bits per heavy atom. The number of ether oxygens (including phenoxy) is 2. The Balaban J connectivity index is 1.85. The largest absolute Gasteiger partial charge is 0.493 e. The van der Waals surface area contributed by atoms with E-state index in [0.29, 0.717) is 36.1 Å². The SMILES string of the molecule is COc1ccc(CNc2ccc(C(=O)NCCCN(C)C)nn2)cc1OC. The lowest BCUT2D eigenvalue weighted by atomic mass is 10.2. The predicted molar refractivity (Wildman–Crippen MR) is 104 cm³/mol. The van der Waals surface area contributed by atoms with Crippen LogP contribution in [0.1, 0.15) is 22.5 Å². The van der Waals surface area contributed by atoms with Crippen LogP contribution in [0.2, 0.25) is 0 Å². The highest BCUT2D eigenvalue weighted by Crippen LogP contribution is 2.27. The molecule has 1 heterocycles. The number of rotatable bonds is 10. The third-order valence-corrected chi connectivity index (χ3v) is 3.89. The van der Waals surface area contributed by atoms with E-state index in [9.17, 15) is 4.79 Å². The fraction of sp³-hybridized carbons (Fsp3) is 0.421. The average molecular weight is 373 g/mol. The summed E-state index contributed by atoms with van der Waals surface area (Å²) >= 11 is 0. The standard InChI is InChI=1S/C19H27N5O3/c1-24(2)11-5-10-20-19(25)15-7-9-18(23-22-15)21-13-14-6-8-16(26-3)17(12-14)27-4/h6-9,12H,5,10-11,13H2,1-4H3,(H,20,25)(H,21,23). The second-order valence-corrected chi connectivity index (χ2v) is 6.26. The molecular weight excluding hydrogens is 346 g/mol. The van der Waals surface area contributed by atoms with Gasteiger partial charge < -0.3 is 25.0 Å². The number of nitrogens with zero attached hydrogens (tertiary/aromatic N) is 3. The normalized spacial score (nSPS) is 10.6. The molecule has 8 nitrogen and oxygen atoms in total. The summed E-state index contributed by atoms with van der Waals surface area (Å²) in [6.07, 6.45) is 0.886. The van der Waals surface area contributed by atoms with E-state index >= 15 is 0 Å². The van der Waals surface area contributed by atoms with Gasteiger partial charge in [-0.3, -0.25) is 4.79 Å². The third-order valence-electron chi connectivity index (χ3n) is 3.89. The molecule has 2 rings (SSSR count). The topological polar surface area (TPSA) is 88.6 Å². The van der Waals surface area contributed by atoms with Crippen molar-refractivity contribution in [2.45, 2.75) is 13.0 Å². The van der Waals surface area contributed by atoms with Crippen molar-refractivity contribution in [2.24, 2.45) is 0 Å². The van der Waals surface area contributed by atoms with Crippen LogP contribution in [0.5, 0.6) is 11.5 Å². The molecule has 1 aromatic carbocycles. The van der Waals surface area contributed by atoms with Crippen molar-refractivity contribution in [1.29, 1.82) is 0 Å². The number of benzene rings is 1. The van der Waals surface area contributed by atoms with Crippen LogP contribution in [0.4, 0.5) is 5.82 Å². The fourth-order valence-corrected chi connectivity index (χ4v) is 2.42. The summed E-state index contributed by atoms with van der Waals surface area (Å²) in [7, 11) is 7.21. The van der Waals surface area contributed by atoms with Gasteiger partial charge in [0.2, 0.25) is 0 Å². The van der Waals surface area contributed by atoms with Gasteiger partial charge in [-0.2, -0.15) is 0 Å². The first-order valence-corrected chi connectivity index (χ1v) is 8.75. The van der Waals surface area contributed by atoms with Crippen LogP contribution in [0.25, 0.3) is 0 Å². The fourth-order valence-electron chi connectivity index (χ4n) is 2.42. The Morgan fingerprint density at radius 3 is 2.48 bits per heavy atom. The van der Waals surface area contributed by atoms with Crippen LogP contribution in [0.15, 0.2) is 30.3 Å². The van der Waals surface area contributed by atoms with Crippen LogP contribution in [0.3, 0.4) is 0 Å². The highest BCUT2D eigenvalue weighted by Gasteiger charge is 2.08. The van der Waals surface area contributed by atoms with Gasteiger partial charge in [-0.05, 0) is 56.9 Å². The van der Waals surface area contributed by atoms with Crippen LogP contribution in [-0.4, -0.2) is 62.4 Å². The molecule has 0 saturated carbocycles. The van der Waals surface area contributed by atoms with E-state index in [0.717, 1.165) is 18.5 Å². The third kappa shape index (κ3) is 6.41. The molecule has 0 fully saturated rings. The van der Waals surface area contributed by atoms with Gasteiger partial charge in [-0.25, -0.2) is 0 Å². The molecule has 1 aromatic heterocycles. The monoisotopic (exact) mass is 373 g/mol. The van der Waals surface area contributed by atoms with Crippen LogP contribution in [-0.2, 0) is 6.54 Å². The highest BCUT2D eigenvalue weighted by molar-refractivity contribution is 5.92. The summed E-state index contributed by atoms with van der Waals surface area (Å²) in [4.78, 5) is 14.1. The van der Waals surface area contributed by atoms with E-state index in [1.807, 2.05) is 32.3 Å². The molecular formula is C19H27N5O3. The summed E-state index contributed by atoms with van der Waals surface area (Å²) in [5, 5.41) is 14.1. The zero-order valence-electron chi connectivity index (χ0n) is 16.3. The van der Waals surface area contributed by atoms with E-state index in [-0.39, 0.29) is 5.91 Å². The molecule has 27 heavy (non-hydrogen) atoms. The van der Waals surface area contributed by atoms with Crippen molar-refractivity contribution in [3.8, 4) is 11.5 Å². The molecule has 0 unspecified atom stereocenters. The zero-order valence-corrected chi connectivity index (χ0v) is 16.3. The average Bonchev–Trinajstić information content (AvgIpc) is 2.69. The lowest BCUT2D eigenvalue weighted by molar-refractivity contribution is 0.0946. The number of nitrogens with one attached hydrogen (secondary N) is 2. The minimum absolute atomic E-state index is 0.215. The molecule has 0 bridgehead atoms. The first-order valence-electron chi connectivity index (χ1n) is 8.75. The van der Waals surface area contributed by atoms with Crippen molar-refractivity contribution in [3.63, 3.8) is 0 Å². The number of carbonyl (C=O) groups is 1. The molecule has 0 aliphatic carbocycles. The van der Waals surface area contributed by atoms with Gasteiger partial charge in [0.25, 0.3) is 5.91 Å². The maximum absolute atomic E-state index is 12.0. The lowest BCUT2D eigenvalue weighted by Crippen LogP contribution is -2.28. The van der Waals surface area contributed by atoms with E-state index in [2.05, 4.69) is 25.7 Å². The number of aromatic nitrogens is 2. The van der Waals surface area contributed by atoms with Crippen molar-refractivity contribution in [3.05, 3.63) is 41.6 Å². The molecule has 8 heteroatoms. The Bertz CT molecular complexity index is 735. The van der Waals surface area contributed by atoms with Crippen molar-refractivity contribution < 1.29 is 14.3 Å². The lowest BCUT2D eigenvalue weighted by Gasteiger charge is -2.11. The quantitative estimate of drug-likeness (QED) is 0.614. The van der Waals surface area contributed by atoms with Gasteiger partial charge in [-0.15, -0.1) is 10.2 Å². The van der Waals surface area contributed by atoms with Crippen LogP contribution >= 0.6 is 0 Å². The van der Waals surface area contributed by atoms with Crippen LogP contribution < -0.4 is 20.1 Å². The molecule has 146 valence electrons. The summed E-state index contributed by atoms with van der Waals surface area (Å²) < 4.78 is 10.5. The van der Waals surface area contributed by atoms with Gasteiger partial charge >= 0.3 is 0 Å². The van der Waals surface area contributed by atoms with Crippen molar-refractivity contribution in [2.75, 3.05) is 46.7 Å². The first kappa shape index (κ1) is 20.4. The summed E-state index contributed by atoms with van der Waals surface area (Å²) in [5.41, 5.74) is 1.31. The minimum atomic E-state index is -0.215. The molecule has 0 aliphatic rings. The maximum atomic E-state index is 12.0. The number of anilines is 1. The van der Waals surface area contributed by atoms with Gasteiger partial charge in [0.1, 0.15) is 5.82 Å². The summed E-state index contributed by atoms with van der Waals surface area (Å²) in [6, 6.07) is 9.09. The van der Waals surface area contributed by atoms with Gasteiger partial charge in [-0.1, -0.05) is 6.07 Å². The Hall–Kier alpha value is -2.87. The molecule has 0 spiro atoms. The molecule has 0 atom stereocenters. The predicted octanol–water partition coefficient (Wildman–Crippen LogP) is 1.79. The Morgan fingerprint density at radius 2 is 1.85 bits per heavy atom. The number of hydrogen-bond donors (Lipinski definition) is 2. The molecule has 1 amide bonds. The van der Waals surface area contributed by atoms with Crippen molar-refractivity contribution >= 4 is 11.7 Å². The number of methoxy groups -OCH3 is 2. The second kappa shape index (κ2) is 10.3. The van der Waals surface area contributed by atoms with E-state index in [4.69, 9.17) is 9.47 Å². The zero-order chi connectivity index (χ0) is 19.6. The maximum Gasteiger partial charge on any atom is 0.271 e. The summed E-state index contributed by atoms with van der Waals surface area (Å²) in [6.45, 7) is 2.08. The van der Waals surface area contributed by atoms with Gasteiger partial charge in [0.15, 0.2) is 17.2 Å². The Labute approximate surface area is 159 Å². The van der Waals surface area contributed by atoms with E-state index < -0.39 is 0 Å². The molecule has 2 aromatic rings. The van der Waals surface area contributed by atoms with E-state index in [1.54, 1.807) is 26.4 Å². The number of hydrogen-bond acceptors (Lipinski definition) is 7. The van der Waals surface area contributed by atoms with Crippen LogP contribution in [0, 0.1) is 0 Å². The molecule has 0 saturated heterocycles. The first-order chi connectivity index (χ1) is 13.0.